The lowest BCUT2D eigenvalue weighted by atomic mass is 9.66. The number of hydrogen-bond donors (Lipinski definition) is 6. The third-order valence-electron chi connectivity index (χ3n) is 17.0. The molecule has 3 aliphatic heterocycles. The van der Waals surface area contributed by atoms with Crippen molar-refractivity contribution in [3.8, 4) is 23.3 Å². The molecule has 3 saturated carbocycles. The minimum atomic E-state index is -1.64. The summed E-state index contributed by atoms with van der Waals surface area (Å²) in [5.74, 6) is 3.81. The van der Waals surface area contributed by atoms with Gasteiger partial charge in [-0.1, -0.05) is 94.0 Å². The maximum Gasteiger partial charge on any atom is 0.334 e. The molecule has 3 fully saturated rings. The fraction of sp³-hybridized carbons (Fsp3) is 0.590. The number of hydrogen-bond acceptors (Lipinski definition) is 12. The second-order valence-corrected chi connectivity index (χ2v) is 22.6. The Labute approximate surface area is 431 Å². The van der Waals surface area contributed by atoms with Gasteiger partial charge in [0.1, 0.15) is 29.0 Å². The zero-order valence-electron chi connectivity index (χ0n) is 43.0. The number of aliphatic hydroxyl groups is 4. The highest BCUT2D eigenvalue weighted by atomic mass is 16.6. The van der Waals surface area contributed by atoms with Gasteiger partial charge in [0.2, 0.25) is 0 Å². The molecule has 0 amide bonds. The molecule has 3 aliphatic carbocycles. The molecule has 73 heavy (non-hydrogen) atoms. The number of benzene rings is 3. The first-order valence-electron chi connectivity index (χ1n) is 27.5. The summed E-state index contributed by atoms with van der Waals surface area (Å²) in [7, 11) is 0. The Morgan fingerprint density at radius 2 is 1.60 bits per heavy atom. The van der Waals surface area contributed by atoms with Gasteiger partial charge in [0.15, 0.2) is 0 Å². The number of carbonyl (C=O) groups is 3. The first kappa shape index (κ1) is 52.8. The van der Waals surface area contributed by atoms with E-state index in [0.29, 0.717) is 78.0 Å². The Bertz CT molecular complexity index is 2580. The number of phenols is 1. The van der Waals surface area contributed by atoms with Crippen molar-refractivity contribution in [3.63, 3.8) is 0 Å². The number of Topliss-reactive ketones (excluding diaryl/α,β-unsaturated/α-hetero) is 1. The molecule has 0 unspecified atom stereocenters. The van der Waals surface area contributed by atoms with Crippen molar-refractivity contribution in [2.45, 2.75) is 203 Å². The van der Waals surface area contributed by atoms with Gasteiger partial charge in [0.05, 0.1) is 36.8 Å². The molecule has 3 heterocycles. The fourth-order valence-electron chi connectivity index (χ4n) is 12.9. The molecule has 3 aromatic rings. The van der Waals surface area contributed by atoms with Crippen LogP contribution in [-0.2, 0) is 49.7 Å². The average Bonchev–Trinajstić information content (AvgIpc) is 3.38. The summed E-state index contributed by atoms with van der Waals surface area (Å²) in [6.45, 7) is 4.06. The maximum absolute atomic E-state index is 15.4. The highest BCUT2D eigenvalue weighted by Crippen LogP contribution is 2.51. The zero-order chi connectivity index (χ0) is 51.3. The summed E-state index contributed by atoms with van der Waals surface area (Å²) in [6.07, 6.45) is 12.3. The van der Waals surface area contributed by atoms with Crippen LogP contribution in [0, 0.1) is 23.7 Å². The van der Waals surface area contributed by atoms with Gasteiger partial charge in [-0.2, -0.15) is 0 Å². The molecule has 8 bridgehead atoms. The molecule has 12 nitrogen and oxygen atoms in total. The Hall–Kier alpha value is -5.03. The zero-order valence-corrected chi connectivity index (χ0v) is 43.0. The number of nitrogens with one attached hydrogen (secondary N) is 1. The second-order valence-electron chi connectivity index (χ2n) is 22.6. The van der Waals surface area contributed by atoms with E-state index in [2.05, 4.69) is 17.2 Å². The van der Waals surface area contributed by atoms with E-state index in [1.165, 1.54) is 12.5 Å². The van der Waals surface area contributed by atoms with Crippen LogP contribution in [0.25, 0.3) is 0 Å². The lowest BCUT2D eigenvalue weighted by molar-refractivity contribution is -0.176. The molecule has 0 saturated heterocycles. The normalized spacial score (nSPS) is 28.7. The van der Waals surface area contributed by atoms with Crippen molar-refractivity contribution < 1.29 is 54.1 Å². The molecule has 3 aromatic carbocycles. The van der Waals surface area contributed by atoms with Crippen LogP contribution in [0.3, 0.4) is 0 Å². The van der Waals surface area contributed by atoms with E-state index in [1.807, 2.05) is 55.5 Å². The van der Waals surface area contributed by atoms with E-state index >= 15 is 4.79 Å². The number of aliphatic hydroxyl groups excluding tert-OH is 2. The average molecular weight is 1000 g/mol. The largest absolute Gasteiger partial charge is 0.507 e. The van der Waals surface area contributed by atoms with Crippen molar-refractivity contribution >= 4 is 23.4 Å². The number of fused-ring (bicyclic) bond motifs is 8. The second kappa shape index (κ2) is 23.2. The first-order valence-corrected chi connectivity index (χ1v) is 27.5. The Balaban J connectivity index is 1.17. The van der Waals surface area contributed by atoms with Crippen LogP contribution in [0.1, 0.15) is 186 Å². The third-order valence-corrected chi connectivity index (χ3v) is 17.0. The fourth-order valence-corrected chi connectivity index (χ4v) is 12.9. The number of carbonyl (C=O) groups excluding carboxylic acids is 3. The lowest BCUT2D eigenvalue weighted by Crippen LogP contribution is -2.54. The minimum Gasteiger partial charge on any atom is -0.507 e. The Morgan fingerprint density at radius 1 is 0.863 bits per heavy atom. The predicted molar refractivity (Wildman–Crippen MR) is 278 cm³/mol. The smallest absolute Gasteiger partial charge is 0.334 e. The Morgan fingerprint density at radius 3 is 2.36 bits per heavy atom. The topological polar surface area (TPSA) is 192 Å². The van der Waals surface area contributed by atoms with Gasteiger partial charge >= 0.3 is 11.9 Å². The van der Waals surface area contributed by atoms with E-state index in [-0.39, 0.29) is 86.7 Å². The molecule has 0 spiro atoms. The molecular weight excluding hydrogens is 923 g/mol. The van der Waals surface area contributed by atoms with E-state index in [1.54, 1.807) is 6.92 Å². The van der Waals surface area contributed by atoms with Gasteiger partial charge in [0.25, 0.3) is 0 Å². The molecule has 12 heteroatoms. The van der Waals surface area contributed by atoms with E-state index < -0.39 is 53.1 Å². The highest BCUT2D eigenvalue weighted by molar-refractivity contribution is 5.89. The van der Waals surface area contributed by atoms with Gasteiger partial charge in [-0.05, 0) is 129 Å². The van der Waals surface area contributed by atoms with Crippen molar-refractivity contribution in [1.29, 1.82) is 0 Å². The molecule has 9 rings (SSSR count). The van der Waals surface area contributed by atoms with Crippen molar-refractivity contribution in [2.75, 3.05) is 18.5 Å². The van der Waals surface area contributed by atoms with E-state index in [4.69, 9.17) is 14.2 Å². The highest BCUT2D eigenvalue weighted by Gasteiger charge is 2.49. The predicted octanol–water partition coefficient (Wildman–Crippen LogP) is 9.48. The molecule has 392 valence electrons. The monoisotopic (exact) mass is 1000 g/mol. The number of ether oxygens (including phenoxy) is 3. The third kappa shape index (κ3) is 12.6. The van der Waals surface area contributed by atoms with Crippen LogP contribution < -0.4 is 10.1 Å². The summed E-state index contributed by atoms with van der Waals surface area (Å²) in [5, 5.41) is 63.6. The summed E-state index contributed by atoms with van der Waals surface area (Å²) >= 11 is 0. The van der Waals surface area contributed by atoms with Crippen molar-refractivity contribution in [2.24, 2.45) is 11.8 Å². The van der Waals surface area contributed by atoms with Crippen LogP contribution in [0.15, 0.2) is 60.2 Å². The summed E-state index contributed by atoms with van der Waals surface area (Å²) in [6, 6.07) is 15.2. The lowest BCUT2D eigenvalue weighted by Gasteiger charge is -2.45. The number of rotatable bonds is 12. The van der Waals surface area contributed by atoms with Crippen LogP contribution in [-0.4, -0.2) is 85.9 Å². The molecule has 0 radical (unpaired) electrons. The van der Waals surface area contributed by atoms with Gasteiger partial charge in [-0.3, -0.25) is 9.59 Å². The number of anilines is 1. The van der Waals surface area contributed by atoms with Gasteiger partial charge < -0.3 is 45.1 Å². The molecule has 6 N–H and O–H groups in total. The number of esters is 2. The minimum absolute atomic E-state index is 0.0377. The summed E-state index contributed by atoms with van der Waals surface area (Å²) in [4.78, 5) is 42.8. The van der Waals surface area contributed by atoms with Crippen molar-refractivity contribution in [3.05, 3.63) is 99.1 Å². The number of ketones is 1. The molecular formula is C61H77NO11. The van der Waals surface area contributed by atoms with Crippen LogP contribution in [0.5, 0.6) is 11.5 Å². The van der Waals surface area contributed by atoms with E-state index in [0.717, 1.165) is 68.9 Å². The summed E-state index contributed by atoms with van der Waals surface area (Å²) < 4.78 is 19.0. The molecule has 0 aromatic heterocycles. The Kier molecular flexibility index (Phi) is 16.8. The number of phenolic OH excluding ortho intramolecular Hbond substituents is 1. The van der Waals surface area contributed by atoms with Gasteiger partial charge in [0, 0.05) is 73.1 Å². The quantitative estimate of drug-likeness (QED) is 0.0573. The SMILES string of the molecule is CCC[C@]1(O)[C@@H]2CCC(=O)[C@H](Cc3cccc(c3)C[C@H](O)/C=C3/C[C@@H](c4cc(CO)cc(NC[C@@](C)(O)CCOC5CCCCC5)c4)C#C[C@H]4CC(=O)Oc5c4cc(c(O)c5C4CCCCC4)C[C@H]1OC3=O)C2. The molecule has 8 atom stereocenters. The van der Waals surface area contributed by atoms with E-state index in [9.17, 15) is 35.1 Å². The first-order chi connectivity index (χ1) is 35.2. The standard InChI is InChI=1S/C61H77NO11/c1-3-21-61(70)48-19-20-53(65)45(30-48)25-38-11-10-12-39(24-38)28-50(64)32-47-29-42(44-26-40(36-63)27-49(31-44)62-37-60(2,69)22-23-71-51-15-8-5-9-16-51)17-18-43-35-55(66)73-58-52(43)33-46(34-54(61)72-59(47)68)57(67)56(58)41-13-6-4-7-14-41/h10-12,24,26-27,31-33,41-43,45,48,50-51,54,62-64,67,69-70H,3-9,13-16,19-23,25,28-30,34-37H2,1-2H3/b47-32-/t42-,43-,45+,48+,50-,54+,60-,61-/m0/s1. The van der Waals surface area contributed by atoms with Crippen LogP contribution >= 0.6 is 0 Å². The number of aromatic hydroxyl groups is 1. The van der Waals surface area contributed by atoms with Gasteiger partial charge in [-0.15, -0.1) is 0 Å². The van der Waals surface area contributed by atoms with Crippen LogP contribution in [0.2, 0.25) is 0 Å². The molecule has 6 aliphatic rings. The van der Waals surface area contributed by atoms with Gasteiger partial charge in [-0.25, -0.2) is 4.79 Å². The van der Waals surface area contributed by atoms with Crippen molar-refractivity contribution in [1.82, 2.24) is 0 Å². The van der Waals surface area contributed by atoms with Crippen LogP contribution in [0.4, 0.5) is 5.69 Å². The summed E-state index contributed by atoms with van der Waals surface area (Å²) in [5.41, 5.74) is 2.66. The maximum atomic E-state index is 15.4.